The number of benzene rings is 1. The molecule has 0 radical (unpaired) electrons. The number of aromatic nitrogens is 1. The zero-order valence-corrected chi connectivity index (χ0v) is 18.5. The first-order valence-electron chi connectivity index (χ1n) is 9.55. The SMILES string of the molecule is COC(=O)c1cc(N(S)N2CCN(c3cc(C)cc(C)c3)CC2)c(OC)nc1C. The number of pyridine rings is 1. The van der Waals surface area contributed by atoms with Crippen molar-refractivity contribution in [1.29, 1.82) is 0 Å². The molecule has 1 saturated heterocycles. The lowest BCUT2D eigenvalue weighted by Crippen LogP contribution is -2.51. The van der Waals surface area contributed by atoms with E-state index in [-0.39, 0.29) is 0 Å². The quantitative estimate of drug-likeness (QED) is 0.593. The molecule has 0 amide bonds. The zero-order valence-electron chi connectivity index (χ0n) is 17.6. The number of carbonyl (C=O) groups excluding carboxylic acids is 1. The molecule has 3 rings (SSSR count). The van der Waals surface area contributed by atoms with Crippen molar-refractivity contribution in [2.45, 2.75) is 20.8 Å². The number of hydrogen-bond donors (Lipinski definition) is 1. The number of ether oxygens (including phenoxy) is 2. The molecule has 0 N–H and O–H groups in total. The van der Waals surface area contributed by atoms with E-state index in [1.807, 2.05) is 0 Å². The fourth-order valence-electron chi connectivity index (χ4n) is 3.61. The summed E-state index contributed by atoms with van der Waals surface area (Å²) in [5.74, 6) is -0.0119. The lowest BCUT2D eigenvalue weighted by Gasteiger charge is -2.40. The molecule has 0 bridgehead atoms. The number of carbonyl (C=O) groups is 1. The standard InChI is InChI=1S/C21H28N4O3S/c1-14-10-15(2)12-17(11-14)23-6-8-24(9-7-23)25(29)19-13-18(21(26)28-5)16(3)22-20(19)27-4/h10-13,29H,6-9H2,1-5H3. The Morgan fingerprint density at radius 3 is 2.21 bits per heavy atom. The molecule has 1 aliphatic heterocycles. The van der Waals surface area contributed by atoms with E-state index in [2.05, 4.69) is 59.8 Å². The van der Waals surface area contributed by atoms with Crippen LogP contribution in [0.3, 0.4) is 0 Å². The highest BCUT2D eigenvalue weighted by Crippen LogP contribution is 2.32. The first-order chi connectivity index (χ1) is 13.8. The minimum absolute atomic E-state index is 0.399. The highest BCUT2D eigenvalue weighted by molar-refractivity contribution is 7.81. The van der Waals surface area contributed by atoms with Gasteiger partial charge in [0.05, 0.1) is 25.5 Å². The summed E-state index contributed by atoms with van der Waals surface area (Å²) in [6.45, 7) is 9.29. The molecule has 1 aliphatic rings. The van der Waals surface area contributed by atoms with Gasteiger partial charge in [-0.15, -0.1) is 0 Å². The zero-order chi connectivity index (χ0) is 21.1. The van der Waals surface area contributed by atoms with Crippen LogP contribution in [0.4, 0.5) is 11.4 Å². The van der Waals surface area contributed by atoms with Gasteiger partial charge >= 0.3 is 5.97 Å². The molecule has 1 aromatic carbocycles. The summed E-state index contributed by atoms with van der Waals surface area (Å²) in [6, 6.07) is 8.34. The van der Waals surface area contributed by atoms with Gasteiger partial charge in [0.2, 0.25) is 5.88 Å². The number of anilines is 2. The summed E-state index contributed by atoms with van der Waals surface area (Å²) in [4.78, 5) is 18.9. The van der Waals surface area contributed by atoms with Crippen molar-refractivity contribution in [2.75, 3.05) is 49.7 Å². The molecule has 7 nitrogen and oxygen atoms in total. The average molecular weight is 417 g/mol. The molecule has 2 aromatic rings. The lowest BCUT2D eigenvalue weighted by molar-refractivity contribution is 0.0599. The Balaban J connectivity index is 1.78. The molecular formula is C21H28N4O3S. The fraction of sp³-hybridized carbons (Fsp3) is 0.429. The van der Waals surface area contributed by atoms with Crippen molar-refractivity contribution in [3.05, 3.63) is 46.6 Å². The first-order valence-corrected chi connectivity index (χ1v) is 9.95. The van der Waals surface area contributed by atoms with E-state index in [1.54, 1.807) is 24.5 Å². The number of methoxy groups -OCH3 is 2. The van der Waals surface area contributed by atoms with E-state index in [0.717, 1.165) is 26.2 Å². The maximum Gasteiger partial charge on any atom is 0.339 e. The number of esters is 1. The average Bonchev–Trinajstić information content (AvgIpc) is 2.71. The van der Waals surface area contributed by atoms with E-state index in [0.29, 0.717) is 22.8 Å². The minimum atomic E-state index is -0.430. The van der Waals surface area contributed by atoms with Crippen molar-refractivity contribution in [3.8, 4) is 5.88 Å². The molecule has 156 valence electrons. The molecule has 0 aliphatic carbocycles. The van der Waals surface area contributed by atoms with Crippen molar-refractivity contribution in [1.82, 2.24) is 9.99 Å². The predicted octanol–water partition coefficient (Wildman–Crippen LogP) is 3.19. The largest absolute Gasteiger partial charge is 0.479 e. The van der Waals surface area contributed by atoms with Crippen LogP contribution in [0, 0.1) is 20.8 Å². The van der Waals surface area contributed by atoms with Crippen LogP contribution in [0.2, 0.25) is 0 Å². The van der Waals surface area contributed by atoms with Crippen molar-refractivity contribution in [3.63, 3.8) is 0 Å². The Bertz CT molecular complexity index is 877. The molecule has 0 saturated carbocycles. The van der Waals surface area contributed by atoms with E-state index in [9.17, 15) is 4.79 Å². The van der Waals surface area contributed by atoms with Crippen molar-refractivity contribution >= 4 is 30.2 Å². The highest BCUT2D eigenvalue weighted by Gasteiger charge is 2.26. The van der Waals surface area contributed by atoms with Crippen LogP contribution in [0.5, 0.6) is 5.88 Å². The number of thiol groups is 1. The Morgan fingerprint density at radius 1 is 1.03 bits per heavy atom. The number of piperazine rings is 1. The van der Waals surface area contributed by atoms with Crippen LogP contribution in [0.15, 0.2) is 24.3 Å². The number of aryl methyl sites for hydroxylation is 3. The number of hydrazine groups is 1. The first kappa shape index (κ1) is 21.3. The summed E-state index contributed by atoms with van der Waals surface area (Å²) in [7, 11) is 2.92. The van der Waals surface area contributed by atoms with E-state index in [4.69, 9.17) is 9.47 Å². The molecule has 8 heteroatoms. The summed E-state index contributed by atoms with van der Waals surface area (Å²) in [5, 5.41) is 2.11. The highest BCUT2D eigenvalue weighted by atomic mass is 32.1. The van der Waals surface area contributed by atoms with Gasteiger partial charge in [-0.25, -0.2) is 19.2 Å². The monoisotopic (exact) mass is 416 g/mol. The van der Waals surface area contributed by atoms with E-state index >= 15 is 0 Å². The van der Waals surface area contributed by atoms with Crippen LogP contribution in [0.25, 0.3) is 0 Å². The Hall–Kier alpha value is -2.45. The van der Waals surface area contributed by atoms with Gasteiger partial charge in [0.1, 0.15) is 5.69 Å². The van der Waals surface area contributed by atoms with Crippen LogP contribution < -0.4 is 14.1 Å². The molecule has 29 heavy (non-hydrogen) atoms. The lowest BCUT2D eigenvalue weighted by atomic mass is 10.1. The van der Waals surface area contributed by atoms with Gasteiger partial charge < -0.3 is 14.4 Å². The maximum absolute atomic E-state index is 12.1. The van der Waals surface area contributed by atoms with Gasteiger partial charge in [0.15, 0.2) is 0 Å². The second-order valence-electron chi connectivity index (χ2n) is 7.22. The topological polar surface area (TPSA) is 58.1 Å². The summed E-state index contributed by atoms with van der Waals surface area (Å²) >= 11 is 4.68. The van der Waals surface area contributed by atoms with Gasteiger partial charge in [-0.05, 0) is 62.9 Å². The number of rotatable bonds is 5. The summed E-state index contributed by atoms with van der Waals surface area (Å²) in [6.07, 6.45) is 0. The van der Waals surface area contributed by atoms with Crippen LogP contribution >= 0.6 is 12.8 Å². The number of nitrogens with zero attached hydrogens (tertiary/aromatic N) is 4. The number of hydrogen-bond acceptors (Lipinski definition) is 8. The molecule has 1 fully saturated rings. The molecule has 2 heterocycles. The fourth-order valence-corrected chi connectivity index (χ4v) is 3.93. The van der Waals surface area contributed by atoms with Gasteiger partial charge in [-0.1, -0.05) is 6.07 Å². The Morgan fingerprint density at radius 2 is 1.66 bits per heavy atom. The van der Waals surface area contributed by atoms with Gasteiger partial charge in [-0.2, -0.15) is 0 Å². The predicted molar refractivity (Wildman–Crippen MR) is 118 cm³/mol. The second-order valence-corrected chi connectivity index (χ2v) is 7.60. The summed E-state index contributed by atoms with van der Waals surface area (Å²) < 4.78 is 12.0. The third-order valence-electron chi connectivity index (χ3n) is 5.07. The van der Waals surface area contributed by atoms with Crippen molar-refractivity contribution < 1.29 is 14.3 Å². The third-order valence-corrected chi connectivity index (χ3v) is 5.54. The second kappa shape index (κ2) is 8.92. The molecule has 0 spiro atoms. The molecular weight excluding hydrogens is 388 g/mol. The van der Waals surface area contributed by atoms with Crippen LogP contribution in [0.1, 0.15) is 27.2 Å². The molecule has 0 unspecified atom stereocenters. The normalized spacial score (nSPS) is 14.6. The van der Waals surface area contributed by atoms with Gasteiger partial charge in [-0.3, -0.25) is 0 Å². The van der Waals surface area contributed by atoms with E-state index in [1.165, 1.54) is 23.9 Å². The van der Waals surface area contributed by atoms with Gasteiger partial charge in [0.25, 0.3) is 0 Å². The Labute approximate surface area is 177 Å². The summed E-state index contributed by atoms with van der Waals surface area (Å²) in [5.41, 5.74) is 5.35. The smallest absolute Gasteiger partial charge is 0.339 e. The third kappa shape index (κ3) is 4.59. The van der Waals surface area contributed by atoms with Crippen molar-refractivity contribution in [2.24, 2.45) is 0 Å². The molecule has 1 aromatic heterocycles. The minimum Gasteiger partial charge on any atom is -0.479 e. The maximum atomic E-state index is 12.1. The van der Waals surface area contributed by atoms with Crippen LogP contribution in [-0.2, 0) is 4.74 Å². The van der Waals surface area contributed by atoms with Crippen LogP contribution in [-0.4, -0.2) is 56.4 Å². The van der Waals surface area contributed by atoms with E-state index < -0.39 is 5.97 Å². The Kier molecular flexibility index (Phi) is 6.54. The molecule has 0 atom stereocenters. The van der Waals surface area contributed by atoms with Gasteiger partial charge in [0, 0.05) is 31.9 Å².